The summed E-state index contributed by atoms with van der Waals surface area (Å²) in [4.78, 5) is 23.1. The van der Waals surface area contributed by atoms with Gasteiger partial charge >= 0.3 is 5.97 Å². The van der Waals surface area contributed by atoms with E-state index in [1.54, 1.807) is 19.2 Å². The molecule has 1 aromatic heterocycles. The zero-order valence-corrected chi connectivity index (χ0v) is 11.4. The molecule has 0 saturated heterocycles. The van der Waals surface area contributed by atoms with Crippen molar-refractivity contribution in [3.05, 3.63) is 20.8 Å². The molecule has 0 fully saturated rings. The number of thiophene rings is 1. The van der Waals surface area contributed by atoms with E-state index >= 15 is 0 Å². The number of carboxylic acids is 1. The number of carboxylic acid groups (broad SMARTS) is 1. The van der Waals surface area contributed by atoms with Crippen molar-refractivity contribution < 1.29 is 14.7 Å². The summed E-state index contributed by atoms with van der Waals surface area (Å²) in [5.41, 5.74) is -0.145. The average Bonchev–Trinajstić information content (AvgIpc) is 2.56. The van der Waals surface area contributed by atoms with E-state index in [0.29, 0.717) is 9.90 Å². The number of nitrogens with one attached hydrogen (secondary N) is 1. The summed E-state index contributed by atoms with van der Waals surface area (Å²) in [5.74, 6) is -1.28. The summed E-state index contributed by atoms with van der Waals surface area (Å²) >= 11 is 7.20. The molecule has 0 bridgehead atoms. The van der Waals surface area contributed by atoms with Gasteiger partial charge in [-0.2, -0.15) is 0 Å². The topological polar surface area (TPSA) is 66.4 Å². The van der Waals surface area contributed by atoms with Crippen molar-refractivity contribution in [3.63, 3.8) is 0 Å². The summed E-state index contributed by atoms with van der Waals surface area (Å²) in [6, 6.07) is 0. The molecule has 94 valence electrons. The van der Waals surface area contributed by atoms with E-state index in [9.17, 15) is 9.59 Å². The minimum atomic E-state index is -0.992. The third-order valence-electron chi connectivity index (χ3n) is 2.38. The number of rotatable bonds is 4. The monoisotopic (exact) mass is 275 g/mol. The maximum Gasteiger partial charge on any atom is 0.310 e. The van der Waals surface area contributed by atoms with E-state index < -0.39 is 11.4 Å². The molecule has 6 heteroatoms. The fourth-order valence-corrected chi connectivity index (χ4v) is 2.24. The van der Waals surface area contributed by atoms with Crippen LogP contribution in [-0.2, 0) is 4.79 Å². The van der Waals surface area contributed by atoms with E-state index in [1.165, 1.54) is 11.3 Å². The van der Waals surface area contributed by atoms with Crippen LogP contribution in [0.2, 0.25) is 5.02 Å². The zero-order chi connectivity index (χ0) is 13.2. The van der Waals surface area contributed by atoms with Crippen molar-refractivity contribution in [1.82, 2.24) is 5.32 Å². The van der Waals surface area contributed by atoms with Gasteiger partial charge in [-0.1, -0.05) is 11.6 Å². The lowest BCUT2D eigenvalue weighted by Gasteiger charge is -2.19. The lowest BCUT2D eigenvalue weighted by atomic mass is 9.94. The van der Waals surface area contributed by atoms with Crippen LogP contribution in [-0.4, -0.2) is 23.5 Å². The van der Waals surface area contributed by atoms with E-state index in [2.05, 4.69) is 5.32 Å². The number of hydrogen-bond donors (Lipinski definition) is 2. The number of carbonyl (C=O) groups excluding carboxylic acids is 1. The minimum Gasteiger partial charge on any atom is -0.481 e. The van der Waals surface area contributed by atoms with Gasteiger partial charge in [0, 0.05) is 6.54 Å². The van der Waals surface area contributed by atoms with E-state index in [0.717, 1.165) is 5.56 Å². The molecule has 0 unspecified atom stereocenters. The SMILES string of the molecule is Cc1csc(C(=O)NCC(C)(C)C(=O)O)c1Cl. The maximum absolute atomic E-state index is 11.8. The van der Waals surface area contributed by atoms with Crippen molar-refractivity contribution in [2.45, 2.75) is 20.8 Å². The summed E-state index contributed by atoms with van der Waals surface area (Å²) in [7, 11) is 0. The molecule has 0 aliphatic carbocycles. The largest absolute Gasteiger partial charge is 0.481 e. The van der Waals surface area contributed by atoms with Crippen LogP contribution in [0.25, 0.3) is 0 Å². The number of hydrogen-bond acceptors (Lipinski definition) is 3. The van der Waals surface area contributed by atoms with Crippen molar-refractivity contribution in [3.8, 4) is 0 Å². The van der Waals surface area contributed by atoms with Crippen molar-refractivity contribution in [2.75, 3.05) is 6.54 Å². The lowest BCUT2D eigenvalue weighted by Crippen LogP contribution is -2.38. The van der Waals surface area contributed by atoms with E-state index in [4.69, 9.17) is 16.7 Å². The predicted octanol–water partition coefficient (Wildman–Crippen LogP) is 2.55. The molecule has 0 atom stereocenters. The quantitative estimate of drug-likeness (QED) is 0.887. The summed E-state index contributed by atoms with van der Waals surface area (Å²) < 4.78 is 0. The van der Waals surface area contributed by atoms with Crippen LogP contribution in [0.5, 0.6) is 0 Å². The molecule has 0 spiro atoms. The molecule has 0 saturated carbocycles. The standard InChI is InChI=1S/C11H14ClNO3S/c1-6-4-17-8(7(6)12)9(14)13-5-11(2,3)10(15)16/h4H,5H2,1-3H3,(H,13,14)(H,15,16). The molecule has 0 aromatic carbocycles. The van der Waals surface area contributed by atoms with Gasteiger partial charge in [0.05, 0.1) is 10.4 Å². The Kier molecular flexibility index (Phi) is 4.16. The van der Waals surface area contributed by atoms with Crippen LogP contribution in [0, 0.1) is 12.3 Å². The maximum atomic E-state index is 11.8. The molecule has 2 N–H and O–H groups in total. The van der Waals surface area contributed by atoms with Gasteiger partial charge in [0.25, 0.3) is 5.91 Å². The lowest BCUT2D eigenvalue weighted by molar-refractivity contribution is -0.146. The Bertz CT molecular complexity index is 454. The summed E-state index contributed by atoms with van der Waals surface area (Å²) in [5, 5.41) is 13.7. The summed E-state index contributed by atoms with van der Waals surface area (Å²) in [6.45, 7) is 4.99. The van der Waals surface area contributed by atoms with Gasteiger partial charge in [-0.05, 0) is 31.7 Å². The van der Waals surface area contributed by atoms with Crippen molar-refractivity contribution >= 4 is 34.8 Å². The highest BCUT2D eigenvalue weighted by molar-refractivity contribution is 7.13. The van der Waals surface area contributed by atoms with Crippen LogP contribution in [0.1, 0.15) is 29.1 Å². The minimum absolute atomic E-state index is 0.0639. The second-order valence-corrected chi connectivity index (χ2v) is 5.69. The second kappa shape index (κ2) is 5.06. The smallest absolute Gasteiger partial charge is 0.310 e. The van der Waals surface area contributed by atoms with Crippen LogP contribution >= 0.6 is 22.9 Å². The highest BCUT2D eigenvalue weighted by Gasteiger charge is 2.28. The third kappa shape index (κ3) is 3.20. The van der Waals surface area contributed by atoms with Gasteiger partial charge in [-0.3, -0.25) is 9.59 Å². The first kappa shape index (κ1) is 14.0. The van der Waals surface area contributed by atoms with Crippen LogP contribution in [0.4, 0.5) is 0 Å². The van der Waals surface area contributed by atoms with Gasteiger partial charge < -0.3 is 10.4 Å². The number of carbonyl (C=O) groups is 2. The summed E-state index contributed by atoms with van der Waals surface area (Å²) in [6.07, 6.45) is 0. The average molecular weight is 276 g/mol. The molecule has 0 aliphatic heterocycles. The molecule has 1 heterocycles. The first-order valence-corrected chi connectivity index (χ1v) is 6.26. The Morgan fingerprint density at radius 3 is 2.53 bits per heavy atom. The predicted molar refractivity (Wildman–Crippen MR) is 67.8 cm³/mol. The molecule has 1 amide bonds. The normalized spacial score (nSPS) is 11.3. The molecule has 4 nitrogen and oxygen atoms in total. The molecular formula is C11H14ClNO3S. The van der Waals surface area contributed by atoms with Gasteiger partial charge in [0.1, 0.15) is 4.88 Å². The Hall–Kier alpha value is -1.07. The highest BCUT2D eigenvalue weighted by Crippen LogP contribution is 2.27. The molecule has 1 aromatic rings. The first-order chi connectivity index (χ1) is 7.75. The molecule has 1 rings (SSSR count). The Morgan fingerprint density at radius 2 is 2.12 bits per heavy atom. The highest BCUT2D eigenvalue weighted by atomic mass is 35.5. The molecule has 17 heavy (non-hydrogen) atoms. The fraction of sp³-hybridized carbons (Fsp3) is 0.455. The fourth-order valence-electron chi connectivity index (χ4n) is 1.04. The molecule has 0 radical (unpaired) electrons. The number of amides is 1. The van der Waals surface area contributed by atoms with Gasteiger partial charge in [-0.25, -0.2) is 0 Å². The Morgan fingerprint density at radius 1 is 1.53 bits per heavy atom. The first-order valence-electron chi connectivity index (χ1n) is 5.01. The zero-order valence-electron chi connectivity index (χ0n) is 9.83. The van der Waals surface area contributed by atoms with Gasteiger partial charge in [0.15, 0.2) is 0 Å². The van der Waals surface area contributed by atoms with Crippen molar-refractivity contribution in [1.29, 1.82) is 0 Å². The van der Waals surface area contributed by atoms with Crippen LogP contribution in [0.15, 0.2) is 5.38 Å². The number of halogens is 1. The molecular weight excluding hydrogens is 262 g/mol. The van der Waals surface area contributed by atoms with Crippen LogP contribution in [0.3, 0.4) is 0 Å². The number of aryl methyl sites for hydroxylation is 1. The van der Waals surface area contributed by atoms with E-state index in [-0.39, 0.29) is 12.5 Å². The molecule has 0 aliphatic rings. The Balaban J connectivity index is 2.69. The Labute approximate surface area is 109 Å². The number of aliphatic carboxylic acids is 1. The van der Waals surface area contributed by atoms with E-state index in [1.807, 2.05) is 6.92 Å². The van der Waals surface area contributed by atoms with Gasteiger partial charge in [0.2, 0.25) is 0 Å². The van der Waals surface area contributed by atoms with Gasteiger partial charge in [-0.15, -0.1) is 11.3 Å². The third-order valence-corrected chi connectivity index (χ3v) is 4.07. The van der Waals surface area contributed by atoms with Crippen molar-refractivity contribution in [2.24, 2.45) is 5.41 Å². The second-order valence-electron chi connectivity index (χ2n) is 4.43. The van der Waals surface area contributed by atoms with Crippen LogP contribution < -0.4 is 5.32 Å².